The van der Waals surface area contributed by atoms with Crippen molar-refractivity contribution in [3.8, 4) is 22.5 Å². The predicted molar refractivity (Wildman–Crippen MR) is 111 cm³/mol. The summed E-state index contributed by atoms with van der Waals surface area (Å²) in [6, 6.07) is 14.9. The molecule has 0 unspecified atom stereocenters. The van der Waals surface area contributed by atoms with Gasteiger partial charge in [0.15, 0.2) is 5.82 Å². The van der Waals surface area contributed by atoms with Gasteiger partial charge in [0.25, 0.3) is 5.91 Å². The number of nitrogens with one attached hydrogen (secondary N) is 3. The highest BCUT2D eigenvalue weighted by molar-refractivity contribution is 5.98. The fraction of sp³-hybridized carbons (Fsp3) is 0.0909. The Labute approximate surface area is 179 Å². The van der Waals surface area contributed by atoms with Crippen LogP contribution in [0.5, 0.6) is 0 Å². The van der Waals surface area contributed by atoms with Gasteiger partial charge >= 0.3 is 6.18 Å². The summed E-state index contributed by atoms with van der Waals surface area (Å²) < 4.78 is 38.0. The Morgan fingerprint density at radius 2 is 1.69 bits per heavy atom. The van der Waals surface area contributed by atoms with Crippen molar-refractivity contribution < 1.29 is 18.0 Å². The molecule has 7 nitrogen and oxygen atoms in total. The molecule has 1 aliphatic heterocycles. The van der Waals surface area contributed by atoms with E-state index >= 15 is 0 Å². The molecule has 1 aliphatic rings. The van der Waals surface area contributed by atoms with Crippen molar-refractivity contribution in [3.05, 3.63) is 77.6 Å². The van der Waals surface area contributed by atoms with E-state index in [0.717, 1.165) is 28.4 Å². The molecule has 3 heterocycles. The van der Waals surface area contributed by atoms with Gasteiger partial charge in [0, 0.05) is 35.1 Å². The minimum atomic E-state index is -4.46. The van der Waals surface area contributed by atoms with Crippen LogP contribution in [0.15, 0.2) is 60.8 Å². The van der Waals surface area contributed by atoms with Crippen LogP contribution in [0.4, 0.5) is 24.8 Å². The van der Waals surface area contributed by atoms with Crippen molar-refractivity contribution in [3.63, 3.8) is 0 Å². The number of carbonyl (C=O) groups is 1. The first-order valence-corrected chi connectivity index (χ1v) is 9.61. The number of aromatic amines is 1. The van der Waals surface area contributed by atoms with Crippen LogP contribution < -0.4 is 10.6 Å². The summed E-state index contributed by atoms with van der Waals surface area (Å²) in [4.78, 5) is 19.6. The van der Waals surface area contributed by atoms with Gasteiger partial charge in [-0.15, -0.1) is 5.10 Å². The highest BCUT2D eigenvalue weighted by Gasteiger charge is 2.32. The number of carbonyl (C=O) groups excluding carboxylic acids is 1. The number of H-pyrrole nitrogens is 1. The molecule has 0 fully saturated rings. The van der Waals surface area contributed by atoms with Gasteiger partial charge in [-0.1, -0.05) is 30.3 Å². The summed E-state index contributed by atoms with van der Waals surface area (Å²) >= 11 is 0. The summed E-state index contributed by atoms with van der Waals surface area (Å²) in [5, 5.41) is 12.9. The van der Waals surface area contributed by atoms with Crippen LogP contribution in [0.25, 0.3) is 22.5 Å². The number of halogens is 3. The summed E-state index contributed by atoms with van der Waals surface area (Å²) in [6.07, 6.45) is -3.26. The summed E-state index contributed by atoms with van der Waals surface area (Å²) in [7, 11) is 0. The SMILES string of the molecule is O=C1NCc2cc(Nc3n[nH]c(-c4ccc(-c5ccc(C(F)(F)F)nc5)cc4)n3)ccc21. The average Bonchev–Trinajstić information content (AvgIpc) is 3.40. The Kier molecular flexibility index (Phi) is 4.62. The minimum Gasteiger partial charge on any atom is -0.348 e. The zero-order valence-electron chi connectivity index (χ0n) is 16.4. The number of alkyl halides is 3. The number of fused-ring (bicyclic) bond motifs is 1. The number of hydrogen-bond acceptors (Lipinski definition) is 5. The molecule has 3 N–H and O–H groups in total. The highest BCUT2D eigenvalue weighted by Crippen LogP contribution is 2.30. The first-order valence-electron chi connectivity index (χ1n) is 9.61. The number of anilines is 2. The summed E-state index contributed by atoms with van der Waals surface area (Å²) in [5.74, 6) is 0.818. The summed E-state index contributed by atoms with van der Waals surface area (Å²) in [5.41, 5.74) is 3.47. The van der Waals surface area contributed by atoms with E-state index in [0.29, 0.717) is 29.4 Å². The third-order valence-corrected chi connectivity index (χ3v) is 5.08. The van der Waals surface area contributed by atoms with Gasteiger partial charge in [-0.25, -0.2) is 0 Å². The zero-order chi connectivity index (χ0) is 22.3. The first kappa shape index (κ1) is 19.7. The van der Waals surface area contributed by atoms with E-state index in [9.17, 15) is 18.0 Å². The number of benzene rings is 2. The van der Waals surface area contributed by atoms with Crippen LogP contribution in [0.1, 0.15) is 21.6 Å². The molecular formula is C22H15F3N6O. The number of amides is 1. The summed E-state index contributed by atoms with van der Waals surface area (Å²) in [6.45, 7) is 0.490. The second kappa shape index (κ2) is 7.49. The second-order valence-electron chi connectivity index (χ2n) is 7.19. The molecule has 0 atom stereocenters. The van der Waals surface area contributed by atoms with Crippen LogP contribution in [-0.4, -0.2) is 26.1 Å². The predicted octanol–water partition coefficient (Wildman–Crippen LogP) is 4.54. The van der Waals surface area contributed by atoms with Gasteiger partial charge in [0.2, 0.25) is 5.95 Å². The second-order valence-corrected chi connectivity index (χ2v) is 7.19. The van der Waals surface area contributed by atoms with Gasteiger partial charge in [-0.05, 0) is 35.4 Å². The smallest absolute Gasteiger partial charge is 0.348 e. The van der Waals surface area contributed by atoms with E-state index in [1.165, 1.54) is 12.3 Å². The van der Waals surface area contributed by atoms with Crippen molar-refractivity contribution in [2.24, 2.45) is 0 Å². The maximum Gasteiger partial charge on any atom is 0.433 e. The molecule has 0 bridgehead atoms. The molecule has 2 aromatic heterocycles. The van der Waals surface area contributed by atoms with Crippen molar-refractivity contribution in [1.29, 1.82) is 0 Å². The van der Waals surface area contributed by atoms with Crippen LogP contribution in [-0.2, 0) is 12.7 Å². The van der Waals surface area contributed by atoms with Crippen LogP contribution in [0.3, 0.4) is 0 Å². The third-order valence-electron chi connectivity index (χ3n) is 5.08. The quantitative estimate of drug-likeness (QED) is 0.437. The van der Waals surface area contributed by atoms with Crippen molar-refractivity contribution >= 4 is 17.5 Å². The van der Waals surface area contributed by atoms with Crippen molar-refractivity contribution in [2.75, 3.05) is 5.32 Å². The van der Waals surface area contributed by atoms with E-state index in [1.807, 2.05) is 6.07 Å². The molecular weight excluding hydrogens is 421 g/mol. The van der Waals surface area contributed by atoms with E-state index < -0.39 is 11.9 Å². The fourth-order valence-corrected chi connectivity index (χ4v) is 3.44. The lowest BCUT2D eigenvalue weighted by molar-refractivity contribution is -0.141. The molecule has 2 aromatic carbocycles. The van der Waals surface area contributed by atoms with Gasteiger partial charge in [-0.2, -0.15) is 18.2 Å². The number of rotatable bonds is 4. The largest absolute Gasteiger partial charge is 0.433 e. The van der Waals surface area contributed by atoms with E-state index in [1.54, 1.807) is 36.4 Å². The number of aromatic nitrogens is 4. The molecule has 5 rings (SSSR count). The molecule has 32 heavy (non-hydrogen) atoms. The monoisotopic (exact) mass is 436 g/mol. The minimum absolute atomic E-state index is 0.0812. The molecule has 0 saturated heterocycles. The number of nitrogens with zero attached hydrogens (tertiary/aromatic N) is 3. The maximum absolute atomic E-state index is 12.7. The van der Waals surface area contributed by atoms with E-state index in [2.05, 4.69) is 30.8 Å². The lowest BCUT2D eigenvalue weighted by atomic mass is 10.1. The third kappa shape index (κ3) is 3.78. The van der Waals surface area contributed by atoms with Gasteiger partial charge in [-0.3, -0.25) is 14.9 Å². The molecule has 0 aliphatic carbocycles. The van der Waals surface area contributed by atoms with Gasteiger partial charge in [0.1, 0.15) is 5.69 Å². The molecule has 0 saturated carbocycles. The first-order chi connectivity index (χ1) is 15.4. The van der Waals surface area contributed by atoms with E-state index in [-0.39, 0.29) is 5.91 Å². The molecule has 1 amide bonds. The Bertz CT molecular complexity index is 1300. The molecule has 160 valence electrons. The van der Waals surface area contributed by atoms with Crippen LogP contribution >= 0.6 is 0 Å². The van der Waals surface area contributed by atoms with Crippen LogP contribution in [0, 0.1) is 0 Å². The molecule has 0 radical (unpaired) electrons. The van der Waals surface area contributed by atoms with Crippen LogP contribution in [0.2, 0.25) is 0 Å². The molecule has 4 aromatic rings. The molecule has 0 spiro atoms. The van der Waals surface area contributed by atoms with Crippen molar-refractivity contribution in [2.45, 2.75) is 12.7 Å². The van der Waals surface area contributed by atoms with Gasteiger partial charge in [0.05, 0.1) is 0 Å². The van der Waals surface area contributed by atoms with Gasteiger partial charge < -0.3 is 10.6 Å². The Balaban J connectivity index is 1.31. The lowest BCUT2D eigenvalue weighted by Crippen LogP contribution is -2.12. The zero-order valence-corrected chi connectivity index (χ0v) is 16.4. The molecule has 10 heteroatoms. The highest BCUT2D eigenvalue weighted by atomic mass is 19.4. The number of pyridine rings is 1. The topological polar surface area (TPSA) is 95.6 Å². The normalized spacial score (nSPS) is 13.0. The average molecular weight is 436 g/mol. The Morgan fingerprint density at radius 1 is 0.938 bits per heavy atom. The Morgan fingerprint density at radius 3 is 2.41 bits per heavy atom. The maximum atomic E-state index is 12.7. The lowest BCUT2D eigenvalue weighted by Gasteiger charge is -2.07. The fourth-order valence-electron chi connectivity index (χ4n) is 3.44. The van der Waals surface area contributed by atoms with Crippen molar-refractivity contribution in [1.82, 2.24) is 25.5 Å². The standard InChI is InChI=1S/C22H15F3N6O/c23-22(24,25)18-8-5-14(10-26-18)12-1-3-13(4-2-12)19-29-21(31-30-19)28-16-6-7-17-15(9-16)11-27-20(17)32/h1-10H,11H2,(H,27,32)(H2,28,29,30,31). The number of hydrogen-bond donors (Lipinski definition) is 3. The Hall–Kier alpha value is -4.21. The van der Waals surface area contributed by atoms with E-state index in [4.69, 9.17) is 0 Å².